The van der Waals surface area contributed by atoms with Crippen LogP contribution in [-0.2, 0) is 11.3 Å². The highest BCUT2D eigenvalue weighted by atomic mass is 32.1. The Kier molecular flexibility index (Phi) is 6.21. The largest absolute Gasteiger partial charge is 0.465 e. The smallest absolute Gasteiger partial charge is 0.340 e. The van der Waals surface area contributed by atoms with Crippen LogP contribution < -0.4 is 10.2 Å². The summed E-state index contributed by atoms with van der Waals surface area (Å²) in [5, 5.41) is 4.46. The van der Waals surface area contributed by atoms with Crippen LogP contribution in [0.1, 0.15) is 20.8 Å². The predicted octanol–water partition coefficient (Wildman–Crippen LogP) is 5.25. The summed E-state index contributed by atoms with van der Waals surface area (Å²) in [5.41, 5.74) is 2.61. The average Bonchev–Trinajstić information content (AvgIpc) is 3.07. The minimum Gasteiger partial charge on any atom is -0.465 e. The van der Waals surface area contributed by atoms with Gasteiger partial charge in [0, 0.05) is 10.6 Å². The highest BCUT2D eigenvalue weighted by molar-refractivity contribution is 7.80. The second kappa shape index (κ2) is 8.79. The molecule has 0 radical (unpaired) electrons. The van der Waals surface area contributed by atoms with Crippen molar-refractivity contribution in [2.24, 2.45) is 0 Å². The van der Waals surface area contributed by atoms with E-state index >= 15 is 0 Å². The molecule has 0 aliphatic heterocycles. The van der Waals surface area contributed by atoms with Gasteiger partial charge in [-0.1, -0.05) is 48.5 Å². The Morgan fingerprint density at radius 2 is 1.74 bits per heavy atom. The lowest BCUT2D eigenvalue weighted by molar-refractivity contribution is 0.0602. The fourth-order valence-electron chi connectivity index (χ4n) is 2.69. The molecule has 1 N–H and O–H groups in total. The van der Waals surface area contributed by atoms with Gasteiger partial charge >= 0.3 is 5.97 Å². The topological polar surface area (TPSA) is 41.6 Å². The van der Waals surface area contributed by atoms with E-state index in [1.807, 2.05) is 66.4 Å². The van der Waals surface area contributed by atoms with Crippen molar-refractivity contribution in [3.63, 3.8) is 0 Å². The first kappa shape index (κ1) is 19.1. The standard InChI is InChI=1S/C21H20N2O2S2/c1-15-13-18(20(24)25-2)19(27-15)22-21(26)23(17-11-7-4-8-12-17)14-16-9-5-3-6-10-16/h3-13H,14H2,1-2H3,(H,22,26). The molecule has 1 aromatic heterocycles. The van der Waals surface area contributed by atoms with Crippen molar-refractivity contribution in [2.45, 2.75) is 13.5 Å². The zero-order valence-corrected chi connectivity index (χ0v) is 16.8. The van der Waals surface area contributed by atoms with Crippen LogP contribution in [0.5, 0.6) is 0 Å². The number of rotatable bonds is 5. The van der Waals surface area contributed by atoms with Crippen molar-refractivity contribution in [3.05, 3.63) is 82.7 Å². The lowest BCUT2D eigenvalue weighted by Gasteiger charge is -2.26. The number of hydrogen-bond donors (Lipinski definition) is 1. The number of carbonyl (C=O) groups excluding carboxylic acids is 1. The van der Waals surface area contributed by atoms with Gasteiger partial charge in [-0.05, 0) is 42.9 Å². The molecule has 0 atom stereocenters. The number of esters is 1. The molecular formula is C21H20N2O2S2. The number of nitrogens with zero attached hydrogens (tertiary/aromatic N) is 1. The van der Waals surface area contributed by atoms with E-state index in [1.165, 1.54) is 18.4 Å². The monoisotopic (exact) mass is 396 g/mol. The van der Waals surface area contributed by atoms with Crippen molar-refractivity contribution >= 4 is 45.3 Å². The summed E-state index contributed by atoms with van der Waals surface area (Å²) in [4.78, 5) is 15.1. The summed E-state index contributed by atoms with van der Waals surface area (Å²) < 4.78 is 4.88. The van der Waals surface area contributed by atoms with Gasteiger partial charge in [0.1, 0.15) is 5.00 Å². The van der Waals surface area contributed by atoms with Crippen LogP contribution >= 0.6 is 23.6 Å². The molecule has 3 rings (SSSR count). The molecule has 0 aliphatic carbocycles. The number of carbonyl (C=O) groups is 1. The molecule has 0 fully saturated rings. The first-order valence-electron chi connectivity index (χ1n) is 8.44. The third-order valence-electron chi connectivity index (χ3n) is 3.98. The quantitative estimate of drug-likeness (QED) is 0.471. The Balaban J connectivity index is 1.89. The first-order chi connectivity index (χ1) is 13.1. The van der Waals surface area contributed by atoms with Crippen molar-refractivity contribution in [1.29, 1.82) is 0 Å². The number of benzene rings is 2. The minimum atomic E-state index is -0.376. The highest BCUT2D eigenvalue weighted by Gasteiger charge is 2.19. The summed E-state index contributed by atoms with van der Waals surface area (Å²) in [6.45, 7) is 2.57. The number of anilines is 2. The van der Waals surface area contributed by atoms with E-state index in [0.29, 0.717) is 22.2 Å². The minimum absolute atomic E-state index is 0.376. The number of thiocarbonyl (C=S) groups is 1. The Hall–Kier alpha value is -2.70. The Bertz CT molecular complexity index is 924. The maximum Gasteiger partial charge on any atom is 0.340 e. The molecule has 0 saturated carbocycles. The summed E-state index contributed by atoms with van der Waals surface area (Å²) in [7, 11) is 1.38. The van der Waals surface area contributed by atoms with Crippen molar-refractivity contribution in [1.82, 2.24) is 0 Å². The van der Waals surface area contributed by atoms with Crippen molar-refractivity contribution < 1.29 is 9.53 Å². The molecule has 0 bridgehead atoms. The van der Waals surface area contributed by atoms with Crippen LogP contribution in [0.4, 0.5) is 10.7 Å². The second-order valence-electron chi connectivity index (χ2n) is 5.93. The van der Waals surface area contributed by atoms with Crippen molar-refractivity contribution in [3.8, 4) is 0 Å². The molecule has 2 aromatic carbocycles. The zero-order valence-electron chi connectivity index (χ0n) is 15.1. The second-order valence-corrected chi connectivity index (χ2v) is 7.57. The summed E-state index contributed by atoms with van der Waals surface area (Å²) in [6, 6.07) is 21.9. The number of hydrogen-bond acceptors (Lipinski definition) is 4. The number of nitrogens with one attached hydrogen (secondary N) is 1. The van der Waals surface area contributed by atoms with Gasteiger partial charge in [0.15, 0.2) is 5.11 Å². The summed E-state index contributed by atoms with van der Waals surface area (Å²) >= 11 is 7.18. The lowest BCUT2D eigenvalue weighted by atomic mass is 10.2. The van der Waals surface area contributed by atoms with E-state index in [9.17, 15) is 4.79 Å². The van der Waals surface area contributed by atoms with E-state index < -0.39 is 0 Å². The molecule has 138 valence electrons. The fourth-order valence-corrected chi connectivity index (χ4v) is 3.92. The number of ether oxygens (including phenoxy) is 1. The molecule has 0 amide bonds. The van der Waals surface area contributed by atoms with E-state index in [1.54, 1.807) is 0 Å². The van der Waals surface area contributed by atoms with Crippen molar-refractivity contribution in [2.75, 3.05) is 17.3 Å². The lowest BCUT2D eigenvalue weighted by Crippen LogP contribution is -2.34. The van der Waals surface area contributed by atoms with Gasteiger partial charge in [-0.25, -0.2) is 4.79 Å². The van der Waals surface area contributed by atoms with Gasteiger partial charge < -0.3 is 15.0 Å². The molecule has 0 aliphatic rings. The Morgan fingerprint density at radius 3 is 2.37 bits per heavy atom. The third-order valence-corrected chi connectivity index (χ3v) is 5.27. The summed E-state index contributed by atoms with van der Waals surface area (Å²) in [6.07, 6.45) is 0. The molecule has 6 heteroatoms. The fraction of sp³-hybridized carbons (Fsp3) is 0.143. The molecule has 27 heavy (non-hydrogen) atoms. The third kappa shape index (κ3) is 4.72. The highest BCUT2D eigenvalue weighted by Crippen LogP contribution is 2.29. The van der Waals surface area contributed by atoms with Crippen LogP contribution in [0.25, 0.3) is 0 Å². The number of thiophene rings is 1. The maximum atomic E-state index is 12.0. The van der Waals surface area contributed by atoms with Crippen LogP contribution in [0.2, 0.25) is 0 Å². The van der Waals surface area contributed by atoms with Gasteiger partial charge in [-0.15, -0.1) is 11.3 Å². The van der Waals surface area contributed by atoms with Gasteiger partial charge in [0.25, 0.3) is 0 Å². The molecule has 3 aromatic rings. The number of aryl methyl sites for hydroxylation is 1. The molecule has 0 unspecified atom stereocenters. The van der Waals surface area contributed by atoms with Gasteiger partial charge in [0.2, 0.25) is 0 Å². The normalized spacial score (nSPS) is 10.3. The molecule has 1 heterocycles. The average molecular weight is 397 g/mol. The molecule has 0 spiro atoms. The Labute approximate surface area is 168 Å². The van der Waals surface area contributed by atoms with E-state index in [4.69, 9.17) is 17.0 Å². The van der Waals surface area contributed by atoms with Crippen LogP contribution in [-0.4, -0.2) is 18.2 Å². The SMILES string of the molecule is COC(=O)c1cc(C)sc1NC(=S)N(Cc1ccccc1)c1ccccc1. The van der Waals surface area contributed by atoms with Gasteiger partial charge in [-0.3, -0.25) is 0 Å². The van der Waals surface area contributed by atoms with E-state index in [-0.39, 0.29) is 5.97 Å². The summed E-state index contributed by atoms with van der Waals surface area (Å²) in [5.74, 6) is -0.376. The number of para-hydroxylation sites is 1. The van der Waals surface area contributed by atoms with Gasteiger partial charge in [0.05, 0.1) is 19.2 Å². The van der Waals surface area contributed by atoms with E-state index in [2.05, 4.69) is 17.4 Å². The van der Waals surface area contributed by atoms with Crippen LogP contribution in [0.15, 0.2) is 66.7 Å². The molecule has 0 saturated heterocycles. The Morgan fingerprint density at radius 1 is 1.11 bits per heavy atom. The van der Waals surface area contributed by atoms with Crippen LogP contribution in [0, 0.1) is 6.92 Å². The molecular weight excluding hydrogens is 376 g/mol. The molecule has 4 nitrogen and oxygen atoms in total. The van der Waals surface area contributed by atoms with E-state index in [0.717, 1.165) is 16.1 Å². The van der Waals surface area contributed by atoms with Crippen LogP contribution in [0.3, 0.4) is 0 Å². The predicted molar refractivity (Wildman–Crippen MR) is 116 cm³/mol. The first-order valence-corrected chi connectivity index (χ1v) is 9.67. The number of methoxy groups -OCH3 is 1. The van der Waals surface area contributed by atoms with Gasteiger partial charge in [-0.2, -0.15) is 0 Å². The zero-order chi connectivity index (χ0) is 19.2. The maximum absolute atomic E-state index is 12.0.